The van der Waals surface area contributed by atoms with E-state index in [0.29, 0.717) is 5.15 Å². The van der Waals surface area contributed by atoms with E-state index in [0.717, 1.165) is 33.5 Å². The summed E-state index contributed by atoms with van der Waals surface area (Å²) in [4.78, 5) is 8.26. The fourth-order valence-corrected chi connectivity index (χ4v) is 3.79. The van der Waals surface area contributed by atoms with Crippen LogP contribution in [0.3, 0.4) is 0 Å². The fraction of sp³-hybridized carbons (Fsp3) is 0.143. The number of pyridine rings is 2. The van der Waals surface area contributed by atoms with Gasteiger partial charge in [0.1, 0.15) is 5.15 Å². The molecule has 0 unspecified atom stereocenters. The van der Waals surface area contributed by atoms with Crippen LogP contribution in [0.15, 0.2) is 66.2 Å². The molecule has 4 aromatic rings. The Hall–Kier alpha value is -2.70. The Morgan fingerprint density at radius 1 is 0.964 bits per heavy atom. The van der Waals surface area contributed by atoms with Crippen LogP contribution in [0.5, 0.6) is 0 Å². The first-order valence-corrected chi connectivity index (χ1v) is 10.1. The summed E-state index contributed by atoms with van der Waals surface area (Å²) in [7, 11) is 0. The van der Waals surface area contributed by atoms with Gasteiger partial charge < -0.3 is 0 Å². The maximum absolute atomic E-state index is 5.88. The van der Waals surface area contributed by atoms with Crippen molar-refractivity contribution in [2.24, 2.45) is 0 Å². The maximum atomic E-state index is 5.88. The molecule has 3 heterocycles. The molecule has 0 fully saturated rings. The lowest BCUT2D eigenvalue weighted by Crippen LogP contribution is -2.01. The van der Waals surface area contributed by atoms with E-state index in [4.69, 9.17) is 11.6 Å². The van der Waals surface area contributed by atoms with Crippen molar-refractivity contribution in [3.05, 3.63) is 82.9 Å². The van der Waals surface area contributed by atoms with E-state index >= 15 is 0 Å². The Bertz CT molecular complexity index is 1090. The zero-order valence-electron chi connectivity index (χ0n) is 15.5. The molecule has 0 aliphatic heterocycles. The van der Waals surface area contributed by atoms with Crippen molar-refractivity contribution in [2.75, 3.05) is 0 Å². The van der Waals surface area contributed by atoms with E-state index in [2.05, 4.69) is 56.8 Å². The topological polar surface area (TPSA) is 56.5 Å². The van der Waals surface area contributed by atoms with Crippen molar-refractivity contribution >= 4 is 23.4 Å². The number of hydrogen-bond acceptors (Lipinski definition) is 5. The van der Waals surface area contributed by atoms with Gasteiger partial charge in [-0.1, -0.05) is 35.5 Å². The van der Waals surface area contributed by atoms with E-state index in [1.807, 2.05) is 18.2 Å². The van der Waals surface area contributed by atoms with Crippen molar-refractivity contribution in [1.82, 2.24) is 24.7 Å². The van der Waals surface area contributed by atoms with Crippen LogP contribution >= 0.6 is 23.4 Å². The van der Waals surface area contributed by atoms with Crippen molar-refractivity contribution < 1.29 is 0 Å². The van der Waals surface area contributed by atoms with Crippen LogP contribution in [-0.2, 0) is 5.75 Å². The molecule has 7 heteroatoms. The first-order valence-electron chi connectivity index (χ1n) is 8.78. The van der Waals surface area contributed by atoms with Crippen molar-refractivity contribution in [3.63, 3.8) is 0 Å². The molecule has 28 heavy (non-hydrogen) atoms. The average Bonchev–Trinajstić information content (AvgIpc) is 3.14. The summed E-state index contributed by atoms with van der Waals surface area (Å²) in [6, 6.07) is 14.1. The minimum absolute atomic E-state index is 0.493. The van der Waals surface area contributed by atoms with Gasteiger partial charge in [0, 0.05) is 29.9 Å². The summed E-state index contributed by atoms with van der Waals surface area (Å²) in [6.07, 6.45) is 5.32. The second-order valence-electron chi connectivity index (χ2n) is 6.42. The minimum Gasteiger partial charge on any atom is -0.270 e. The molecule has 3 aromatic heterocycles. The van der Waals surface area contributed by atoms with Crippen molar-refractivity contribution in [2.45, 2.75) is 24.8 Å². The van der Waals surface area contributed by atoms with Crippen LogP contribution in [0.2, 0.25) is 5.15 Å². The van der Waals surface area contributed by atoms with Crippen LogP contribution in [0.25, 0.3) is 17.1 Å². The van der Waals surface area contributed by atoms with Gasteiger partial charge in [0.15, 0.2) is 11.0 Å². The lowest BCUT2D eigenvalue weighted by molar-refractivity contribution is 0.884. The molecule has 0 atom stereocenters. The minimum atomic E-state index is 0.493. The quantitative estimate of drug-likeness (QED) is 0.332. The molecule has 0 saturated heterocycles. The van der Waals surface area contributed by atoms with E-state index < -0.39 is 0 Å². The molecule has 0 spiro atoms. The van der Waals surface area contributed by atoms with Gasteiger partial charge in [-0.05, 0) is 60.9 Å². The van der Waals surface area contributed by atoms with Crippen molar-refractivity contribution in [3.8, 4) is 17.1 Å². The first-order chi connectivity index (χ1) is 13.6. The van der Waals surface area contributed by atoms with Gasteiger partial charge >= 0.3 is 0 Å². The SMILES string of the molecule is Cc1ccc(-n2c(SCc3ccc(Cl)nc3)nnc2-c2ccncc2)cc1C. The highest BCUT2D eigenvalue weighted by molar-refractivity contribution is 7.98. The molecule has 1 aromatic carbocycles. The molecule has 4 rings (SSSR count). The summed E-state index contributed by atoms with van der Waals surface area (Å²) in [5.74, 6) is 1.52. The molecule has 0 aliphatic rings. The van der Waals surface area contributed by atoms with Crippen LogP contribution in [0.1, 0.15) is 16.7 Å². The van der Waals surface area contributed by atoms with E-state index in [9.17, 15) is 0 Å². The zero-order chi connectivity index (χ0) is 19.5. The Kier molecular flexibility index (Phi) is 5.41. The lowest BCUT2D eigenvalue weighted by atomic mass is 10.1. The van der Waals surface area contributed by atoms with Crippen LogP contribution in [-0.4, -0.2) is 24.7 Å². The standard InChI is InChI=1S/C21H18ClN5S/c1-14-3-5-18(11-15(14)2)27-20(17-7-9-23-10-8-17)25-26-21(27)28-13-16-4-6-19(22)24-12-16/h3-12H,13H2,1-2H3. The van der Waals surface area contributed by atoms with E-state index in [1.165, 1.54) is 11.1 Å². The smallest absolute Gasteiger partial charge is 0.196 e. The first kappa shape index (κ1) is 18.7. The number of halogens is 1. The molecule has 0 amide bonds. The summed E-state index contributed by atoms with van der Waals surface area (Å²) >= 11 is 7.50. The molecule has 5 nitrogen and oxygen atoms in total. The highest BCUT2D eigenvalue weighted by Gasteiger charge is 2.16. The predicted octanol–water partition coefficient (Wildman–Crippen LogP) is 5.29. The molecular weight excluding hydrogens is 390 g/mol. The van der Waals surface area contributed by atoms with Gasteiger partial charge in [-0.25, -0.2) is 4.98 Å². The molecule has 0 radical (unpaired) electrons. The number of benzene rings is 1. The van der Waals surface area contributed by atoms with Gasteiger partial charge in [-0.15, -0.1) is 10.2 Å². The van der Waals surface area contributed by atoms with E-state index in [-0.39, 0.29) is 0 Å². The Balaban J connectivity index is 1.74. The highest BCUT2D eigenvalue weighted by atomic mass is 35.5. The summed E-state index contributed by atoms with van der Waals surface area (Å²) in [5.41, 5.74) is 5.57. The Morgan fingerprint density at radius 2 is 1.79 bits per heavy atom. The number of nitrogens with zero attached hydrogens (tertiary/aromatic N) is 5. The second-order valence-corrected chi connectivity index (χ2v) is 7.75. The van der Waals surface area contributed by atoms with Gasteiger partial charge in [0.25, 0.3) is 0 Å². The van der Waals surface area contributed by atoms with Crippen LogP contribution in [0, 0.1) is 13.8 Å². The summed E-state index contributed by atoms with van der Waals surface area (Å²) in [5, 5.41) is 10.2. The molecule has 0 N–H and O–H groups in total. The predicted molar refractivity (Wildman–Crippen MR) is 113 cm³/mol. The summed E-state index contributed by atoms with van der Waals surface area (Å²) in [6.45, 7) is 4.22. The normalized spacial score (nSPS) is 11.0. The third-order valence-corrected chi connectivity index (χ3v) is 5.70. The molecule has 140 valence electrons. The van der Waals surface area contributed by atoms with Crippen molar-refractivity contribution in [1.29, 1.82) is 0 Å². The molecular formula is C21H18ClN5S. The monoisotopic (exact) mass is 407 g/mol. The van der Waals surface area contributed by atoms with Gasteiger partial charge in [-0.3, -0.25) is 9.55 Å². The van der Waals surface area contributed by atoms with Crippen LogP contribution < -0.4 is 0 Å². The zero-order valence-corrected chi connectivity index (χ0v) is 17.1. The van der Waals surface area contributed by atoms with Crippen LogP contribution in [0.4, 0.5) is 0 Å². The molecule has 0 aliphatic carbocycles. The largest absolute Gasteiger partial charge is 0.270 e. The number of aryl methyl sites for hydroxylation is 2. The van der Waals surface area contributed by atoms with Gasteiger partial charge in [0.05, 0.1) is 5.69 Å². The average molecular weight is 408 g/mol. The third kappa shape index (κ3) is 3.93. The summed E-state index contributed by atoms with van der Waals surface area (Å²) < 4.78 is 2.09. The maximum Gasteiger partial charge on any atom is 0.196 e. The number of aromatic nitrogens is 5. The molecule has 0 saturated carbocycles. The number of hydrogen-bond donors (Lipinski definition) is 0. The third-order valence-electron chi connectivity index (χ3n) is 4.48. The van der Waals surface area contributed by atoms with Gasteiger partial charge in [-0.2, -0.15) is 0 Å². The second kappa shape index (κ2) is 8.12. The van der Waals surface area contributed by atoms with Gasteiger partial charge in [0.2, 0.25) is 0 Å². The Labute approximate surface area is 172 Å². The highest BCUT2D eigenvalue weighted by Crippen LogP contribution is 2.30. The number of thioether (sulfide) groups is 1. The Morgan fingerprint density at radius 3 is 2.50 bits per heavy atom. The number of rotatable bonds is 5. The lowest BCUT2D eigenvalue weighted by Gasteiger charge is -2.12. The fourth-order valence-electron chi connectivity index (χ4n) is 2.79. The molecule has 0 bridgehead atoms. The van der Waals surface area contributed by atoms with E-state index in [1.54, 1.807) is 36.4 Å².